The quantitative estimate of drug-likeness (QED) is 0.714. The maximum Gasteiger partial charge on any atom is 0.260 e. The first-order valence-corrected chi connectivity index (χ1v) is 5.20. The third kappa shape index (κ3) is 3.18. The predicted molar refractivity (Wildman–Crippen MR) is 57.6 cm³/mol. The molecule has 0 saturated heterocycles. The van der Waals surface area contributed by atoms with E-state index in [1.807, 2.05) is 13.8 Å². The number of hydrogen-bond acceptors (Lipinski definition) is 3. The highest BCUT2D eigenvalue weighted by atomic mass is 19.1. The van der Waals surface area contributed by atoms with Crippen LogP contribution in [-0.2, 0) is 4.79 Å². The first-order valence-electron chi connectivity index (χ1n) is 5.20. The van der Waals surface area contributed by atoms with E-state index in [-0.39, 0.29) is 18.3 Å². The van der Waals surface area contributed by atoms with E-state index in [1.165, 1.54) is 12.3 Å². The normalized spacial score (nSPS) is 9.94. The SMILES string of the molecule is CCN(CC)C(=O)COc1cccnc1F. The Bertz CT molecular complexity index is 354. The van der Waals surface area contributed by atoms with Gasteiger partial charge in [0, 0.05) is 19.3 Å². The first kappa shape index (κ1) is 12.4. The van der Waals surface area contributed by atoms with Crippen molar-refractivity contribution in [1.29, 1.82) is 0 Å². The minimum absolute atomic E-state index is 0.00278. The number of rotatable bonds is 5. The molecule has 1 heterocycles. The zero-order valence-corrected chi connectivity index (χ0v) is 9.44. The molecule has 1 rings (SSSR count). The molecule has 0 fully saturated rings. The lowest BCUT2D eigenvalue weighted by atomic mass is 10.4. The van der Waals surface area contributed by atoms with Gasteiger partial charge in [0.2, 0.25) is 0 Å². The van der Waals surface area contributed by atoms with Crippen molar-refractivity contribution < 1.29 is 13.9 Å². The van der Waals surface area contributed by atoms with Crippen LogP contribution >= 0.6 is 0 Å². The minimum Gasteiger partial charge on any atom is -0.479 e. The molecule has 0 radical (unpaired) electrons. The first-order chi connectivity index (χ1) is 7.69. The van der Waals surface area contributed by atoms with Crippen molar-refractivity contribution in [3.63, 3.8) is 0 Å². The molecule has 16 heavy (non-hydrogen) atoms. The highest BCUT2D eigenvalue weighted by Crippen LogP contribution is 2.12. The maximum atomic E-state index is 13.0. The van der Waals surface area contributed by atoms with E-state index in [0.29, 0.717) is 13.1 Å². The highest BCUT2D eigenvalue weighted by Gasteiger charge is 2.11. The van der Waals surface area contributed by atoms with Crippen molar-refractivity contribution in [2.45, 2.75) is 13.8 Å². The summed E-state index contributed by atoms with van der Waals surface area (Å²) < 4.78 is 18.1. The molecule has 0 bridgehead atoms. The van der Waals surface area contributed by atoms with E-state index in [0.717, 1.165) is 0 Å². The monoisotopic (exact) mass is 226 g/mol. The molecule has 0 aliphatic heterocycles. The molecule has 1 amide bonds. The molecule has 1 aromatic rings. The Hall–Kier alpha value is -1.65. The van der Waals surface area contributed by atoms with Gasteiger partial charge < -0.3 is 9.64 Å². The molecular weight excluding hydrogens is 211 g/mol. The van der Waals surface area contributed by atoms with E-state index in [2.05, 4.69) is 4.98 Å². The molecule has 1 aromatic heterocycles. The molecule has 0 aliphatic rings. The van der Waals surface area contributed by atoms with Crippen LogP contribution in [0.1, 0.15) is 13.8 Å². The summed E-state index contributed by atoms with van der Waals surface area (Å²) in [6.45, 7) is 4.84. The molecular formula is C11H15FN2O2. The molecule has 0 saturated carbocycles. The maximum absolute atomic E-state index is 13.0. The van der Waals surface area contributed by atoms with Gasteiger partial charge in [-0.2, -0.15) is 4.39 Å². The van der Waals surface area contributed by atoms with E-state index < -0.39 is 5.95 Å². The second-order valence-corrected chi connectivity index (χ2v) is 3.15. The summed E-state index contributed by atoms with van der Waals surface area (Å²) >= 11 is 0. The zero-order chi connectivity index (χ0) is 12.0. The largest absolute Gasteiger partial charge is 0.479 e. The van der Waals surface area contributed by atoms with Crippen molar-refractivity contribution in [2.24, 2.45) is 0 Å². The second kappa shape index (κ2) is 6.05. The van der Waals surface area contributed by atoms with Gasteiger partial charge in [0.25, 0.3) is 11.9 Å². The Morgan fingerprint density at radius 3 is 2.75 bits per heavy atom. The van der Waals surface area contributed by atoms with E-state index in [9.17, 15) is 9.18 Å². The summed E-state index contributed by atoms with van der Waals surface area (Å²) in [5.41, 5.74) is 0. The van der Waals surface area contributed by atoms with Gasteiger partial charge >= 0.3 is 0 Å². The molecule has 0 aromatic carbocycles. The smallest absolute Gasteiger partial charge is 0.260 e. The fourth-order valence-electron chi connectivity index (χ4n) is 1.29. The van der Waals surface area contributed by atoms with Crippen LogP contribution in [0.5, 0.6) is 5.75 Å². The highest BCUT2D eigenvalue weighted by molar-refractivity contribution is 5.77. The third-order valence-corrected chi connectivity index (χ3v) is 2.19. The van der Waals surface area contributed by atoms with Crippen LogP contribution in [0.25, 0.3) is 0 Å². The number of aromatic nitrogens is 1. The Labute approximate surface area is 94.0 Å². The van der Waals surface area contributed by atoms with Gasteiger partial charge in [-0.25, -0.2) is 4.98 Å². The molecule has 0 spiro atoms. The summed E-state index contributed by atoms with van der Waals surface area (Å²) in [5.74, 6) is -0.855. The van der Waals surface area contributed by atoms with E-state index in [4.69, 9.17) is 4.74 Å². The van der Waals surface area contributed by atoms with Crippen molar-refractivity contribution in [3.8, 4) is 5.75 Å². The Balaban J connectivity index is 2.52. The molecule has 0 N–H and O–H groups in total. The van der Waals surface area contributed by atoms with Crippen LogP contribution in [0, 0.1) is 5.95 Å². The average Bonchev–Trinajstić information content (AvgIpc) is 2.29. The van der Waals surface area contributed by atoms with Gasteiger partial charge in [-0.3, -0.25) is 4.79 Å². The fourth-order valence-corrected chi connectivity index (χ4v) is 1.29. The summed E-state index contributed by atoms with van der Waals surface area (Å²) in [4.78, 5) is 16.6. The second-order valence-electron chi connectivity index (χ2n) is 3.15. The molecule has 0 atom stereocenters. The number of likely N-dealkylation sites (N-methyl/N-ethyl adjacent to an activating group) is 1. The number of hydrogen-bond donors (Lipinski definition) is 0. The molecule has 0 unspecified atom stereocenters. The number of carbonyl (C=O) groups excluding carboxylic acids is 1. The Kier molecular flexibility index (Phi) is 4.69. The molecule has 0 aliphatic carbocycles. The number of amides is 1. The van der Waals surface area contributed by atoms with Gasteiger partial charge in [-0.15, -0.1) is 0 Å². The van der Waals surface area contributed by atoms with Gasteiger partial charge in [0.05, 0.1) is 0 Å². The minimum atomic E-state index is -0.699. The van der Waals surface area contributed by atoms with Gasteiger partial charge in [-0.05, 0) is 26.0 Å². The molecule has 4 nitrogen and oxygen atoms in total. The Morgan fingerprint density at radius 2 is 2.19 bits per heavy atom. The number of carbonyl (C=O) groups is 1. The lowest BCUT2D eigenvalue weighted by Gasteiger charge is -2.18. The number of ether oxygens (including phenoxy) is 1. The fraction of sp³-hybridized carbons (Fsp3) is 0.455. The topological polar surface area (TPSA) is 42.4 Å². The zero-order valence-electron chi connectivity index (χ0n) is 9.44. The summed E-state index contributed by atoms with van der Waals surface area (Å²) in [6.07, 6.45) is 1.33. The van der Waals surface area contributed by atoms with Crippen LogP contribution < -0.4 is 4.74 Å². The lowest BCUT2D eigenvalue weighted by Crippen LogP contribution is -2.34. The van der Waals surface area contributed by atoms with E-state index >= 15 is 0 Å². The summed E-state index contributed by atoms with van der Waals surface area (Å²) in [5, 5.41) is 0. The van der Waals surface area contributed by atoms with Crippen LogP contribution in [0.2, 0.25) is 0 Å². The standard InChI is InChI=1S/C11H15FN2O2/c1-3-14(4-2)10(15)8-16-9-6-5-7-13-11(9)12/h5-7H,3-4,8H2,1-2H3. The predicted octanol–water partition coefficient (Wildman–Crippen LogP) is 1.47. The number of nitrogens with zero attached hydrogens (tertiary/aromatic N) is 2. The van der Waals surface area contributed by atoms with Crippen LogP contribution in [0.3, 0.4) is 0 Å². The van der Waals surface area contributed by atoms with E-state index in [1.54, 1.807) is 11.0 Å². The third-order valence-electron chi connectivity index (χ3n) is 2.19. The van der Waals surface area contributed by atoms with Gasteiger partial charge in [0.1, 0.15) is 0 Å². The summed E-state index contributed by atoms with van der Waals surface area (Å²) in [7, 11) is 0. The van der Waals surface area contributed by atoms with Crippen molar-refractivity contribution in [3.05, 3.63) is 24.3 Å². The number of pyridine rings is 1. The molecule has 88 valence electrons. The van der Waals surface area contributed by atoms with Crippen LogP contribution in [-0.4, -0.2) is 35.5 Å². The van der Waals surface area contributed by atoms with Crippen LogP contribution in [0.4, 0.5) is 4.39 Å². The van der Waals surface area contributed by atoms with Gasteiger partial charge in [0.15, 0.2) is 12.4 Å². The number of halogens is 1. The van der Waals surface area contributed by atoms with Crippen molar-refractivity contribution in [2.75, 3.05) is 19.7 Å². The Morgan fingerprint density at radius 1 is 1.50 bits per heavy atom. The van der Waals surface area contributed by atoms with Crippen LogP contribution in [0.15, 0.2) is 18.3 Å². The lowest BCUT2D eigenvalue weighted by molar-refractivity contribution is -0.133. The average molecular weight is 226 g/mol. The summed E-state index contributed by atoms with van der Waals surface area (Å²) in [6, 6.07) is 3.00. The van der Waals surface area contributed by atoms with Gasteiger partial charge in [-0.1, -0.05) is 0 Å². The molecule has 5 heteroatoms. The van der Waals surface area contributed by atoms with Crippen molar-refractivity contribution >= 4 is 5.91 Å². The van der Waals surface area contributed by atoms with Crippen molar-refractivity contribution in [1.82, 2.24) is 9.88 Å².